The van der Waals surface area contributed by atoms with Crippen molar-refractivity contribution >= 4 is 51.0 Å². The Bertz CT molecular complexity index is 2540. The number of ketones is 3. The van der Waals surface area contributed by atoms with Crippen molar-refractivity contribution in [2.75, 3.05) is 45.8 Å². The van der Waals surface area contributed by atoms with Gasteiger partial charge in [0, 0.05) is 75.5 Å². The molecule has 2 aliphatic heterocycles. The molecule has 2 heterocycles. The van der Waals surface area contributed by atoms with Crippen LogP contribution in [-0.2, 0) is 39.0 Å². The summed E-state index contributed by atoms with van der Waals surface area (Å²) >= 11 is 0. The van der Waals surface area contributed by atoms with E-state index in [0.29, 0.717) is 58.3 Å². The first-order chi connectivity index (χ1) is 29.6. The maximum absolute atomic E-state index is 13.7. The van der Waals surface area contributed by atoms with Gasteiger partial charge in [0.25, 0.3) is 0 Å². The van der Waals surface area contributed by atoms with E-state index < -0.39 is 34.0 Å². The maximum Gasteiger partial charge on any atom is 0.194 e. The van der Waals surface area contributed by atoms with Gasteiger partial charge in [0.15, 0.2) is 14.0 Å². The molecule has 10 nitrogen and oxygen atoms in total. The molecule has 0 radical (unpaired) electrons. The van der Waals surface area contributed by atoms with Gasteiger partial charge in [-0.1, -0.05) is 32.6 Å². The Labute approximate surface area is 386 Å². The molecule has 13 heteroatoms. The van der Waals surface area contributed by atoms with E-state index in [4.69, 9.17) is 13.5 Å². The summed E-state index contributed by atoms with van der Waals surface area (Å²) in [5.41, 5.74) is 7.92. The first kappa shape index (κ1) is 51.1. The SMILES string of the molecule is CC#Cc1cc(C)c(C2=C(OC)CC3(CCN(S(C)(=O)=N[Si](C)(C)C(C)(C)C)CC3)CC2=O)c(C)c1.CC#Cc1cc(C)c(C2C(=O)CC3(CCN(S(C)(=N)=O)CC3)CC2=O)c(C)c1. The number of Topliss-reactive ketones (excluding diaryl/α,β-unsaturated/α-hetero) is 3. The number of carbonyl (C=O) groups is 3. The highest BCUT2D eigenvalue weighted by Crippen LogP contribution is 2.50. The van der Waals surface area contributed by atoms with Crippen molar-refractivity contribution < 1.29 is 27.5 Å². The quantitative estimate of drug-likeness (QED) is 0.174. The van der Waals surface area contributed by atoms with Crippen LogP contribution in [0.4, 0.5) is 0 Å². The Morgan fingerprint density at radius 2 is 1.16 bits per heavy atom. The Morgan fingerprint density at radius 1 is 0.734 bits per heavy atom. The molecule has 2 aromatic carbocycles. The van der Waals surface area contributed by atoms with Gasteiger partial charge in [-0.2, -0.15) is 0 Å². The zero-order chi connectivity index (χ0) is 47.8. The Kier molecular flexibility index (Phi) is 15.3. The highest BCUT2D eigenvalue weighted by atomic mass is 32.2. The summed E-state index contributed by atoms with van der Waals surface area (Å²) in [5, 5.41) is 0.0462. The molecule has 2 unspecified atom stereocenters. The van der Waals surface area contributed by atoms with E-state index >= 15 is 0 Å². The lowest BCUT2D eigenvalue weighted by Gasteiger charge is -2.45. The summed E-state index contributed by atoms with van der Waals surface area (Å²) in [7, 11) is -5.56. The normalized spacial score (nSPS) is 21.4. The molecule has 348 valence electrons. The number of carbonyl (C=O) groups excluding carboxylic acids is 3. The van der Waals surface area contributed by atoms with Crippen LogP contribution < -0.4 is 0 Å². The molecule has 0 bridgehead atoms. The number of aryl methyl sites for hydroxylation is 4. The summed E-state index contributed by atoms with van der Waals surface area (Å²) in [6.07, 6.45) is 8.16. The number of allylic oxidation sites excluding steroid dienone is 2. The van der Waals surface area contributed by atoms with Crippen molar-refractivity contribution in [3.8, 4) is 23.7 Å². The fourth-order valence-electron chi connectivity index (χ4n) is 10.2. The second-order valence-electron chi connectivity index (χ2n) is 20.6. The molecule has 2 spiro atoms. The van der Waals surface area contributed by atoms with Crippen LogP contribution in [0.15, 0.2) is 34.1 Å². The molecule has 0 aromatic heterocycles. The highest BCUT2D eigenvalue weighted by Gasteiger charge is 2.48. The smallest absolute Gasteiger partial charge is 0.194 e. The van der Waals surface area contributed by atoms with Crippen LogP contribution >= 0.6 is 0 Å². The van der Waals surface area contributed by atoms with E-state index in [0.717, 1.165) is 75.1 Å². The average Bonchev–Trinajstić information content (AvgIpc) is 3.16. The molecule has 2 aromatic rings. The van der Waals surface area contributed by atoms with Gasteiger partial charge >= 0.3 is 0 Å². The predicted molar refractivity (Wildman–Crippen MR) is 264 cm³/mol. The largest absolute Gasteiger partial charge is 0.500 e. The number of benzene rings is 2. The number of hydrogen-bond acceptors (Lipinski definition) is 8. The fourth-order valence-corrected chi connectivity index (χ4v) is 16.9. The molecular formula is C51H72N4O6S2Si. The van der Waals surface area contributed by atoms with E-state index in [1.165, 1.54) is 6.26 Å². The van der Waals surface area contributed by atoms with Gasteiger partial charge in [-0.15, -0.1) is 11.8 Å². The molecule has 64 heavy (non-hydrogen) atoms. The Hall–Kier alpha value is -3.85. The average molecular weight is 929 g/mol. The lowest BCUT2D eigenvalue weighted by Crippen LogP contribution is -2.48. The van der Waals surface area contributed by atoms with Gasteiger partial charge in [-0.3, -0.25) is 18.4 Å². The summed E-state index contributed by atoms with van der Waals surface area (Å²) in [6, 6.07) is 8.01. The summed E-state index contributed by atoms with van der Waals surface area (Å²) in [5.74, 6) is 12.2. The van der Waals surface area contributed by atoms with Crippen LogP contribution in [0.2, 0.25) is 18.1 Å². The summed E-state index contributed by atoms with van der Waals surface area (Å²) in [6.45, 7) is 25.0. The molecule has 6 rings (SSSR count). The minimum atomic E-state index is -2.73. The number of methoxy groups -OCH3 is 1. The number of piperidine rings is 2. The molecule has 1 N–H and O–H groups in total. The van der Waals surface area contributed by atoms with E-state index in [1.54, 1.807) is 24.6 Å². The van der Waals surface area contributed by atoms with E-state index in [2.05, 4.69) is 74.0 Å². The van der Waals surface area contributed by atoms with Crippen LogP contribution in [0.1, 0.15) is 136 Å². The zero-order valence-electron chi connectivity index (χ0n) is 41.0. The third kappa shape index (κ3) is 11.0. The standard InChI is InChI=1S/C29H44N2O3SSi.C22H28N2O3S/c1-11-12-23-17-21(2)26(22(3)18-23)27-24(32)19-29(20-25(27)34-7)13-15-31(16-14-29)35(8,33)30-36(9,10)28(4,5)6;1-5-6-17-11-15(2)20(16(3)12-17)21-18(25)13-22(14-19(21)26)7-9-24(10-8-22)28(4,23)27/h17-18H,13-16,19-20H2,1-10H3;11-12,21,23H,7-10,13-14H2,1-4H3. The van der Waals surface area contributed by atoms with Gasteiger partial charge in [-0.25, -0.2) is 21.8 Å². The van der Waals surface area contributed by atoms with Crippen LogP contribution in [0.25, 0.3) is 5.57 Å². The van der Waals surface area contributed by atoms with Crippen molar-refractivity contribution in [3.63, 3.8) is 0 Å². The molecule has 3 fully saturated rings. The second-order valence-corrected chi connectivity index (χ2v) is 30.1. The highest BCUT2D eigenvalue weighted by molar-refractivity contribution is 7.91. The van der Waals surface area contributed by atoms with Gasteiger partial charge in [0.1, 0.15) is 33.2 Å². The van der Waals surface area contributed by atoms with Crippen molar-refractivity contribution in [3.05, 3.63) is 74.5 Å². The third-order valence-corrected chi connectivity index (χ3v) is 24.1. The van der Waals surface area contributed by atoms with Gasteiger partial charge in [0.05, 0.1) is 22.6 Å². The summed E-state index contributed by atoms with van der Waals surface area (Å²) in [4.78, 5) is 39.9. The van der Waals surface area contributed by atoms with Crippen LogP contribution in [-0.4, -0.2) is 88.4 Å². The molecule has 4 aliphatic rings. The lowest BCUT2D eigenvalue weighted by molar-refractivity contribution is -0.138. The van der Waals surface area contributed by atoms with E-state index in [-0.39, 0.29) is 33.2 Å². The summed E-state index contributed by atoms with van der Waals surface area (Å²) < 4.78 is 48.1. The van der Waals surface area contributed by atoms with Crippen LogP contribution in [0.5, 0.6) is 0 Å². The molecule has 2 atom stereocenters. The third-order valence-electron chi connectivity index (χ3n) is 14.6. The fraction of sp³-hybridized carbons (Fsp3) is 0.588. The van der Waals surface area contributed by atoms with Crippen LogP contribution in [0, 0.1) is 67.0 Å². The topological polar surface area (TPSA) is 137 Å². The van der Waals surface area contributed by atoms with Crippen molar-refractivity contribution in [2.45, 2.75) is 138 Å². The maximum atomic E-state index is 13.7. The number of nitrogens with one attached hydrogen (secondary N) is 1. The van der Waals surface area contributed by atoms with Crippen molar-refractivity contribution in [2.24, 2.45) is 14.9 Å². The molecule has 2 aliphatic carbocycles. The van der Waals surface area contributed by atoms with E-state index in [1.807, 2.05) is 46.8 Å². The number of ether oxygens (including phenoxy) is 1. The monoisotopic (exact) mass is 928 g/mol. The lowest BCUT2D eigenvalue weighted by atomic mass is 9.63. The van der Waals surface area contributed by atoms with Gasteiger partial charge in [-0.05, 0) is 154 Å². The number of hydrogen-bond donors (Lipinski definition) is 1. The molecule has 2 saturated heterocycles. The van der Waals surface area contributed by atoms with Crippen molar-refractivity contribution in [1.82, 2.24) is 8.61 Å². The molecule has 1 saturated carbocycles. The first-order valence-electron chi connectivity index (χ1n) is 22.5. The van der Waals surface area contributed by atoms with Crippen molar-refractivity contribution in [1.29, 1.82) is 4.78 Å². The van der Waals surface area contributed by atoms with Crippen LogP contribution in [0.3, 0.4) is 0 Å². The first-order valence-corrected chi connectivity index (χ1v) is 29.3. The second kappa shape index (κ2) is 19.2. The van der Waals surface area contributed by atoms with Gasteiger partial charge in [0.2, 0.25) is 0 Å². The zero-order valence-corrected chi connectivity index (χ0v) is 43.6. The predicted octanol–water partition coefficient (Wildman–Crippen LogP) is 9.86. The molecular weight excluding hydrogens is 857 g/mol. The number of nitrogens with zero attached hydrogens (tertiary/aromatic N) is 3. The molecule has 0 amide bonds. The Morgan fingerprint density at radius 3 is 1.56 bits per heavy atom. The van der Waals surface area contributed by atoms with E-state index in [9.17, 15) is 22.8 Å². The Balaban J connectivity index is 0.000000248. The minimum absolute atomic E-state index is 0.00617. The minimum Gasteiger partial charge on any atom is -0.500 e. The number of rotatable bonds is 6. The van der Waals surface area contributed by atoms with Gasteiger partial charge < -0.3 is 4.74 Å².